The van der Waals surface area contributed by atoms with Crippen LogP contribution < -0.4 is 10.6 Å². The molecule has 0 spiro atoms. The summed E-state index contributed by atoms with van der Waals surface area (Å²) in [7, 11) is 0. The number of aromatic nitrogens is 2. The highest BCUT2D eigenvalue weighted by molar-refractivity contribution is 5.97. The van der Waals surface area contributed by atoms with Crippen LogP contribution in [0.3, 0.4) is 0 Å². The average molecular weight is 392 g/mol. The highest BCUT2D eigenvalue weighted by atomic mass is 16.5. The molecule has 3 rings (SSSR count). The first-order valence-electron chi connectivity index (χ1n) is 10.7. The van der Waals surface area contributed by atoms with E-state index in [4.69, 9.17) is 4.74 Å². The molecule has 0 bridgehead atoms. The molecule has 156 valence electrons. The standard InChI is InChI=1S/C20H33N5O3/c1-2-3-5-8-21-19(26)17-16-7-4-6-10-25(16)18(23-17)20(27)22-9-11-24-12-14-28-15-13-24/h2-15H2,1H3,(H,21,26)(H,22,27). The quantitative estimate of drug-likeness (QED) is 0.618. The van der Waals surface area contributed by atoms with Crippen LogP contribution in [0, 0.1) is 0 Å². The van der Waals surface area contributed by atoms with E-state index in [9.17, 15) is 9.59 Å². The maximum atomic E-state index is 12.7. The maximum Gasteiger partial charge on any atom is 0.287 e. The Hall–Kier alpha value is -1.93. The molecule has 8 heteroatoms. The molecule has 0 atom stereocenters. The van der Waals surface area contributed by atoms with Crippen molar-refractivity contribution in [1.29, 1.82) is 0 Å². The molecule has 2 aliphatic heterocycles. The summed E-state index contributed by atoms with van der Waals surface area (Å²) in [5.41, 5.74) is 1.33. The fraction of sp³-hybridized carbons (Fsp3) is 0.750. The van der Waals surface area contributed by atoms with Crippen molar-refractivity contribution < 1.29 is 14.3 Å². The number of morpholine rings is 1. The number of unbranched alkanes of at least 4 members (excludes halogenated alkanes) is 2. The van der Waals surface area contributed by atoms with Gasteiger partial charge in [0.05, 0.1) is 18.9 Å². The van der Waals surface area contributed by atoms with E-state index < -0.39 is 0 Å². The second-order valence-electron chi connectivity index (χ2n) is 7.51. The van der Waals surface area contributed by atoms with Gasteiger partial charge in [-0.25, -0.2) is 4.98 Å². The number of hydrogen-bond donors (Lipinski definition) is 2. The minimum Gasteiger partial charge on any atom is -0.379 e. The van der Waals surface area contributed by atoms with Gasteiger partial charge in [0.2, 0.25) is 0 Å². The van der Waals surface area contributed by atoms with E-state index in [2.05, 4.69) is 27.4 Å². The van der Waals surface area contributed by atoms with Gasteiger partial charge in [-0.1, -0.05) is 19.8 Å². The number of imidazole rings is 1. The van der Waals surface area contributed by atoms with Crippen LogP contribution in [-0.4, -0.2) is 72.2 Å². The topological polar surface area (TPSA) is 88.5 Å². The fourth-order valence-corrected chi connectivity index (χ4v) is 3.79. The molecule has 2 amide bonds. The number of carbonyl (C=O) groups excluding carboxylic acids is 2. The van der Waals surface area contributed by atoms with Crippen LogP contribution >= 0.6 is 0 Å². The Labute approximate surface area is 167 Å². The zero-order chi connectivity index (χ0) is 19.8. The lowest BCUT2D eigenvalue weighted by Gasteiger charge is -2.26. The molecule has 3 heterocycles. The lowest BCUT2D eigenvalue weighted by Crippen LogP contribution is -2.41. The first-order chi connectivity index (χ1) is 13.7. The largest absolute Gasteiger partial charge is 0.379 e. The van der Waals surface area contributed by atoms with Crippen molar-refractivity contribution in [3.05, 3.63) is 17.2 Å². The highest BCUT2D eigenvalue weighted by Crippen LogP contribution is 2.21. The van der Waals surface area contributed by atoms with Crippen LogP contribution in [0.25, 0.3) is 0 Å². The summed E-state index contributed by atoms with van der Waals surface area (Å²) in [4.78, 5) is 32.1. The van der Waals surface area contributed by atoms with E-state index in [-0.39, 0.29) is 11.8 Å². The summed E-state index contributed by atoms with van der Waals surface area (Å²) in [6.07, 6.45) is 6.01. The van der Waals surface area contributed by atoms with Gasteiger partial charge in [-0.05, 0) is 25.7 Å². The minimum absolute atomic E-state index is 0.158. The Morgan fingerprint density at radius 2 is 1.82 bits per heavy atom. The number of nitrogens with one attached hydrogen (secondary N) is 2. The monoisotopic (exact) mass is 391 g/mol. The van der Waals surface area contributed by atoms with Crippen LogP contribution in [0.5, 0.6) is 0 Å². The number of rotatable bonds is 9. The summed E-state index contributed by atoms with van der Waals surface area (Å²) in [5.74, 6) is 0.0194. The Bertz CT molecular complexity index is 667. The van der Waals surface area contributed by atoms with Gasteiger partial charge in [0.25, 0.3) is 11.8 Å². The number of hydrogen-bond acceptors (Lipinski definition) is 5. The predicted molar refractivity (Wildman–Crippen MR) is 107 cm³/mol. The van der Waals surface area contributed by atoms with Gasteiger partial charge in [0.1, 0.15) is 5.69 Å². The SMILES string of the molecule is CCCCCNC(=O)c1nc(C(=O)NCCN2CCOCC2)n2c1CCCC2. The molecule has 2 aliphatic rings. The van der Waals surface area contributed by atoms with Crippen molar-refractivity contribution in [2.75, 3.05) is 45.9 Å². The third kappa shape index (κ3) is 5.32. The zero-order valence-electron chi connectivity index (χ0n) is 17.0. The third-order valence-electron chi connectivity index (χ3n) is 5.42. The molecule has 0 saturated carbocycles. The van der Waals surface area contributed by atoms with Crippen molar-refractivity contribution in [3.63, 3.8) is 0 Å². The van der Waals surface area contributed by atoms with E-state index >= 15 is 0 Å². The maximum absolute atomic E-state index is 12.7. The number of fused-ring (bicyclic) bond motifs is 1. The van der Waals surface area contributed by atoms with Gasteiger partial charge in [-0.3, -0.25) is 14.5 Å². The van der Waals surface area contributed by atoms with E-state index in [1.54, 1.807) is 0 Å². The van der Waals surface area contributed by atoms with Gasteiger partial charge < -0.3 is 19.9 Å². The molecule has 2 N–H and O–H groups in total. The summed E-state index contributed by atoms with van der Waals surface area (Å²) in [5, 5.41) is 5.93. The molecular formula is C20H33N5O3. The molecule has 28 heavy (non-hydrogen) atoms. The highest BCUT2D eigenvalue weighted by Gasteiger charge is 2.27. The normalized spacial score (nSPS) is 17.2. The fourth-order valence-electron chi connectivity index (χ4n) is 3.79. The van der Waals surface area contributed by atoms with Crippen LogP contribution in [-0.2, 0) is 17.7 Å². The molecule has 0 aliphatic carbocycles. The van der Waals surface area contributed by atoms with Crippen molar-refractivity contribution in [3.8, 4) is 0 Å². The summed E-state index contributed by atoms with van der Waals surface area (Å²) < 4.78 is 7.28. The van der Waals surface area contributed by atoms with Crippen molar-refractivity contribution in [2.24, 2.45) is 0 Å². The van der Waals surface area contributed by atoms with Gasteiger partial charge >= 0.3 is 0 Å². The van der Waals surface area contributed by atoms with Crippen LogP contribution in [0.15, 0.2) is 0 Å². The Balaban J connectivity index is 1.60. The average Bonchev–Trinajstić information content (AvgIpc) is 3.12. The Morgan fingerprint density at radius 3 is 2.61 bits per heavy atom. The van der Waals surface area contributed by atoms with Crippen LogP contribution in [0.1, 0.15) is 65.8 Å². The first kappa shape index (κ1) is 20.8. The van der Waals surface area contributed by atoms with Crippen LogP contribution in [0.2, 0.25) is 0 Å². The van der Waals surface area contributed by atoms with Crippen molar-refractivity contribution in [1.82, 2.24) is 25.1 Å². The molecule has 1 fully saturated rings. The molecule has 1 aromatic rings. The van der Waals surface area contributed by atoms with E-state index in [1.165, 1.54) is 0 Å². The van der Waals surface area contributed by atoms with E-state index in [1.807, 2.05) is 4.57 Å². The number of amides is 2. The Kier molecular flexibility index (Phi) is 7.85. The predicted octanol–water partition coefficient (Wildman–Crippen LogP) is 1.20. The zero-order valence-corrected chi connectivity index (χ0v) is 17.0. The number of carbonyl (C=O) groups is 2. The van der Waals surface area contributed by atoms with Crippen molar-refractivity contribution >= 4 is 11.8 Å². The number of ether oxygens (including phenoxy) is 1. The smallest absolute Gasteiger partial charge is 0.287 e. The molecular weight excluding hydrogens is 358 g/mol. The lowest BCUT2D eigenvalue weighted by atomic mass is 10.1. The van der Waals surface area contributed by atoms with E-state index in [0.717, 1.165) is 83.6 Å². The number of nitrogens with zero attached hydrogens (tertiary/aromatic N) is 3. The summed E-state index contributed by atoms with van der Waals surface area (Å²) >= 11 is 0. The second-order valence-corrected chi connectivity index (χ2v) is 7.51. The molecule has 0 radical (unpaired) electrons. The van der Waals surface area contributed by atoms with Gasteiger partial charge in [0.15, 0.2) is 5.82 Å². The summed E-state index contributed by atoms with van der Waals surface area (Å²) in [6.45, 7) is 8.20. The molecule has 0 unspecified atom stereocenters. The van der Waals surface area contributed by atoms with Crippen molar-refractivity contribution in [2.45, 2.75) is 52.0 Å². The minimum atomic E-state index is -0.193. The third-order valence-corrected chi connectivity index (χ3v) is 5.42. The van der Waals surface area contributed by atoms with E-state index in [0.29, 0.717) is 24.6 Å². The molecule has 1 saturated heterocycles. The first-order valence-corrected chi connectivity index (χ1v) is 10.7. The molecule has 8 nitrogen and oxygen atoms in total. The summed E-state index contributed by atoms with van der Waals surface area (Å²) in [6, 6.07) is 0. The van der Waals surface area contributed by atoms with Gasteiger partial charge in [-0.2, -0.15) is 0 Å². The lowest BCUT2D eigenvalue weighted by molar-refractivity contribution is 0.0383. The van der Waals surface area contributed by atoms with Gasteiger partial charge in [-0.15, -0.1) is 0 Å². The van der Waals surface area contributed by atoms with Gasteiger partial charge in [0, 0.05) is 39.3 Å². The molecule has 1 aromatic heterocycles. The van der Waals surface area contributed by atoms with Crippen LogP contribution in [0.4, 0.5) is 0 Å². The second kappa shape index (κ2) is 10.6. The molecule has 0 aromatic carbocycles. The Morgan fingerprint density at radius 1 is 1.04 bits per heavy atom.